The van der Waals surface area contributed by atoms with Crippen molar-refractivity contribution in [1.82, 2.24) is 15.2 Å². The van der Waals surface area contributed by atoms with Crippen LogP contribution in [0.3, 0.4) is 0 Å². The lowest BCUT2D eigenvalue weighted by Gasteiger charge is -2.25. The first-order chi connectivity index (χ1) is 11.1. The topological polar surface area (TPSA) is 48.5 Å². The van der Waals surface area contributed by atoms with E-state index in [0.29, 0.717) is 12.6 Å². The van der Waals surface area contributed by atoms with Gasteiger partial charge in [0.2, 0.25) is 0 Å². The van der Waals surface area contributed by atoms with Gasteiger partial charge in [-0.1, -0.05) is 6.07 Å². The van der Waals surface area contributed by atoms with Gasteiger partial charge in [-0.05, 0) is 38.0 Å². The van der Waals surface area contributed by atoms with Crippen molar-refractivity contribution >= 4 is 23.6 Å². The number of amides is 2. The highest BCUT2D eigenvalue weighted by Gasteiger charge is 2.24. The molecule has 0 aliphatic carbocycles. The lowest BCUT2D eigenvalue weighted by atomic mass is 10.2. The second-order valence-electron chi connectivity index (χ2n) is 6.42. The van der Waals surface area contributed by atoms with Crippen molar-refractivity contribution in [3.05, 3.63) is 23.4 Å². The maximum absolute atomic E-state index is 12.4. The Morgan fingerprint density at radius 1 is 1.43 bits per heavy atom. The summed E-state index contributed by atoms with van der Waals surface area (Å²) in [6.45, 7) is 4.70. The number of rotatable bonds is 4. The van der Waals surface area contributed by atoms with Gasteiger partial charge in [0.15, 0.2) is 0 Å². The number of aromatic nitrogens is 1. The summed E-state index contributed by atoms with van der Waals surface area (Å²) in [4.78, 5) is 21.3. The van der Waals surface area contributed by atoms with E-state index in [0.717, 1.165) is 48.1 Å². The number of hydrogen-bond donors (Lipinski definition) is 1. The minimum atomic E-state index is 0.0189. The van der Waals surface area contributed by atoms with Gasteiger partial charge in [-0.25, -0.2) is 9.78 Å². The predicted molar refractivity (Wildman–Crippen MR) is 96.1 cm³/mol. The monoisotopic (exact) mass is 334 g/mol. The Bertz CT molecular complexity index is 554. The summed E-state index contributed by atoms with van der Waals surface area (Å²) in [5.74, 6) is 3.25. The summed E-state index contributed by atoms with van der Waals surface area (Å²) in [5, 5.41) is 3.07. The van der Waals surface area contributed by atoms with Gasteiger partial charge in [-0.2, -0.15) is 11.8 Å². The van der Waals surface area contributed by atoms with Crippen LogP contribution in [-0.2, 0) is 6.54 Å². The number of urea groups is 1. The van der Waals surface area contributed by atoms with Crippen LogP contribution in [0.5, 0.6) is 0 Å². The molecule has 5 nitrogen and oxygen atoms in total. The third-order valence-corrected chi connectivity index (χ3v) is 5.85. The largest absolute Gasteiger partial charge is 0.356 e. The Morgan fingerprint density at radius 3 is 2.91 bits per heavy atom. The van der Waals surface area contributed by atoms with Crippen LogP contribution >= 0.6 is 11.8 Å². The molecule has 2 aliphatic heterocycles. The van der Waals surface area contributed by atoms with Gasteiger partial charge in [-0.15, -0.1) is 0 Å². The summed E-state index contributed by atoms with van der Waals surface area (Å²) in [6.07, 6.45) is 3.55. The number of nitrogens with one attached hydrogen (secondary N) is 1. The van der Waals surface area contributed by atoms with Crippen LogP contribution in [0.1, 0.15) is 30.5 Å². The lowest BCUT2D eigenvalue weighted by molar-refractivity contribution is 0.195. The van der Waals surface area contributed by atoms with Crippen molar-refractivity contribution in [3.8, 4) is 0 Å². The van der Waals surface area contributed by atoms with Crippen molar-refractivity contribution in [2.24, 2.45) is 0 Å². The van der Waals surface area contributed by atoms with E-state index in [4.69, 9.17) is 4.98 Å². The fourth-order valence-electron chi connectivity index (χ4n) is 3.20. The molecule has 1 N–H and O–H groups in total. The van der Waals surface area contributed by atoms with E-state index in [2.05, 4.69) is 16.3 Å². The van der Waals surface area contributed by atoms with Gasteiger partial charge in [0.25, 0.3) is 0 Å². The number of thioether (sulfide) groups is 1. The molecular formula is C17H26N4OS. The van der Waals surface area contributed by atoms with Gasteiger partial charge in [0.05, 0.1) is 0 Å². The Kier molecular flexibility index (Phi) is 5.30. The van der Waals surface area contributed by atoms with Gasteiger partial charge in [0, 0.05) is 49.7 Å². The van der Waals surface area contributed by atoms with Gasteiger partial charge in [-0.3, -0.25) is 0 Å². The zero-order valence-corrected chi connectivity index (χ0v) is 14.9. The lowest BCUT2D eigenvalue weighted by Crippen LogP contribution is -2.43. The Morgan fingerprint density at radius 2 is 2.22 bits per heavy atom. The van der Waals surface area contributed by atoms with E-state index in [-0.39, 0.29) is 6.03 Å². The number of carbonyl (C=O) groups is 1. The molecule has 0 saturated carbocycles. The molecule has 0 spiro atoms. The second kappa shape index (κ2) is 7.43. The average molecular weight is 334 g/mol. The van der Waals surface area contributed by atoms with Crippen LogP contribution in [-0.4, -0.2) is 53.6 Å². The molecule has 2 aliphatic rings. The molecule has 0 radical (unpaired) electrons. The molecule has 0 aromatic carbocycles. The zero-order valence-electron chi connectivity index (χ0n) is 14.0. The van der Waals surface area contributed by atoms with E-state index in [1.165, 1.54) is 12.8 Å². The van der Waals surface area contributed by atoms with E-state index < -0.39 is 0 Å². The Balaban J connectivity index is 1.64. The molecule has 3 rings (SSSR count). The molecule has 1 aromatic rings. The highest BCUT2D eigenvalue weighted by molar-refractivity contribution is 7.99. The smallest absolute Gasteiger partial charge is 0.317 e. The number of aryl methyl sites for hydroxylation is 1. The van der Waals surface area contributed by atoms with Crippen molar-refractivity contribution in [1.29, 1.82) is 0 Å². The van der Waals surface area contributed by atoms with Crippen LogP contribution in [0.2, 0.25) is 0 Å². The van der Waals surface area contributed by atoms with E-state index in [1.54, 1.807) is 0 Å². The van der Waals surface area contributed by atoms with Gasteiger partial charge in [0.1, 0.15) is 5.82 Å². The zero-order chi connectivity index (χ0) is 16.2. The summed E-state index contributed by atoms with van der Waals surface area (Å²) in [6, 6.07) is 4.51. The van der Waals surface area contributed by atoms with Crippen LogP contribution in [0, 0.1) is 6.92 Å². The van der Waals surface area contributed by atoms with Crippen molar-refractivity contribution < 1.29 is 4.79 Å². The molecule has 0 bridgehead atoms. The molecular weight excluding hydrogens is 308 g/mol. The number of carbonyl (C=O) groups excluding carboxylic acids is 1. The van der Waals surface area contributed by atoms with Crippen LogP contribution in [0.25, 0.3) is 0 Å². The minimum Gasteiger partial charge on any atom is -0.356 e. The number of hydrogen-bond acceptors (Lipinski definition) is 4. The average Bonchev–Trinajstić information content (AvgIpc) is 3.25. The molecule has 2 saturated heterocycles. The SMILES string of the molecule is Cc1ccc(CNC(=O)N(C)[C@@H]2CCSC2)c(N2CCCC2)n1. The Hall–Kier alpha value is -1.43. The number of anilines is 1. The minimum absolute atomic E-state index is 0.0189. The van der Waals surface area contributed by atoms with E-state index in [9.17, 15) is 4.79 Å². The standard InChI is InChI=1S/C17H26N4OS/c1-13-5-6-14(16(19-13)21-8-3-4-9-21)11-18-17(22)20(2)15-7-10-23-12-15/h5-6,15H,3-4,7-12H2,1-2H3,(H,18,22)/t15-/m1/s1. The molecule has 1 atom stereocenters. The molecule has 3 heterocycles. The fourth-order valence-corrected chi connectivity index (χ4v) is 4.47. The van der Waals surface area contributed by atoms with E-state index in [1.807, 2.05) is 36.7 Å². The maximum Gasteiger partial charge on any atom is 0.317 e. The highest BCUT2D eigenvalue weighted by atomic mass is 32.2. The van der Waals surface area contributed by atoms with Crippen molar-refractivity contribution in [2.45, 2.75) is 38.8 Å². The third-order valence-electron chi connectivity index (χ3n) is 4.70. The summed E-state index contributed by atoms with van der Waals surface area (Å²) in [5.41, 5.74) is 2.14. The number of pyridine rings is 1. The second-order valence-corrected chi connectivity index (χ2v) is 7.57. The maximum atomic E-state index is 12.4. The molecule has 23 heavy (non-hydrogen) atoms. The van der Waals surface area contributed by atoms with Gasteiger partial charge < -0.3 is 15.1 Å². The first-order valence-electron chi connectivity index (χ1n) is 8.45. The Labute approximate surface area is 142 Å². The van der Waals surface area contributed by atoms with Crippen molar-refractivity contribution in [2.75, 3.05) is 36.5 Å². The van der Waals surface area contributed by atoms with Crippen LogP contribution in [0.4, 0.5) is 10.6 Å². The number of nitrogens with zero attached hydrogens (tertiary/aromatic N) is 3. The molecule has 0 unspecified atom stereocenters. The predicted octanol–water partition coefficient (Wildman–Crippen LogP) is 2.64. The van der Waals surface area contributed by atoms with Crippen LogP contribution < -0.4 is 10.2 Å². The third kappa shape index (κ3) is 3.91. The van der Waals surface area contributed by atoms with E-state index >= 15 is 0 Å². The first-order valence-corrected chi connectivity index (χ1v) is 9.60. The molecule has 2 fully saturated rings. The normalized spacial score (nSPS) is 20.8. The molecule has 126 valence electrons. The summed E-state index contributed by atoms with van der Waals surface area (Å²) >= 11 is 1.92. The summed E-state index contributed by atoms with van der Waals surface area (Å²) in [7, 11) is 1.90. The molecule has 1 aromatic heterocycles. The first kappa shape index (κ1) is 16.4. The quantitative estimate of drug-likeness (QED) is 0.920. The van der Waals surface area contributed by atoms with Crippen LogP contribution in [0.15, 0.2) is 12.1 Å². The van der Waals surface area contributed by atoms with Crippen molar-refractivity contribution in [3.63, 3.8) is 0 Å². The van der Waals surface area contributed by atoms with Gasteiger partial charge >= 0.3 is 6.03 Å². The molecule has 2 amide bonds. The summed E-state index contributed by atoms with van der Waals surface area (Å²) < 4.78 is 0. The fraction of sp³-hybridized carbons (Fsp3) is 0.647. The highest BCUT2D eigenvalue weighted by Crippen LogP contribution is 2.24. The molecule has 6 heteroatoms.